The Bertz CT molecular complexity index is 1050. The van der Waals surface area contributed by atoms with Gasteiger partial charge in [-0.15, -0.1) is 12.3 Å². The molecule has 224 valence electrons. The van der Waals surface area contributed by atoms with E-state index in [4.69, 9.17) is 29.7 Å². The lowest BCUT2D eigenvalue weighted by Gasteiger charge is -2.44. The van der Waals surface area contributed by atoms with Crippen LogP contribution in [-0.2, 0) is 27.9 Å². The van der Waals surface area contributed by atoms with Crippen LogP contribution < -0.4 is 15.4 Å². The zero-order chi connectivity index (χ0) is 29.7. The largest absolute Gasteiger partial charge is 0.506 e. The molecular formula is C28H43N2O9P. The molecule has 1 aromatic rings. The fourth-order valence-corrected chi connectivity index (χ4v) is 6.08. The van der Waals surface area contributed by atoms with Crippen LogP contribution in [0.2, 0.25) is 0 Å². The molecule has 0 radical (unpaired) electrons. The first kappa shape index (κ1) is 33.4. The van der Waals surface area contributed by atoms with Gasteiger partial charge in [0.1, 0.15) is 17.6 Å². The second-order valence-corrected chi connectivity index (χ2v) is 11.8. The highest BCUT2D eigenvalue weighted by Gasteiger charge is 2.45. The summed E-state index contributed by atoms with van der Waals surface area (Å²) in [6.07, 6.45) is 5.80. The van der Waals surface area contributed by atoms with Gasteiger partial charge in [-0.3, -0.25) is 9.36 Å². The predicted molar refractivity (Wildman–Crippen MR) is 151 cm³/mol. The van der Waals surface area contributed by atoms with Crippen molar-refractivity contribution in [2.75, 3.05) is 31.2 Å². The third kappa shape index (κ3) is 10.3. The number of rotatable bonds is 15. The lowest BCUT2D eigenvalue weighted by Crippen LogP contribution is -2.53. The molecular weight excluding hydrogens is 539 g/mol. The standard InChI is InChI=1S/C28H43N2O9P/c1-7-10-11-12-16-29-28(33)30-23-14-13-22(18-24(23)32)38-27-20(5)19(4)26(37-21(6)31)25(39-27)15-17-40(34,35-8-2)36-9-3/h1,13-14,18-20,25-27,32H,8-12,15-17H2,2-6H3,(H2,29,30,33)/t19-,20+,25-,26+,27+/m1/s1. The summed E-state index contributed by atoms with van der Waals surface area (Å²) in [7, 11) is -3.35. The maximum Gasteiger partial charge on any atom is 0.330 e. The van der Waals surface area contributed by atoms with Gasteiger partial charge in [0.15, 0.2) is 0 Å². The van der Waals surface area contributed by atoms with Crippen LogP contribution in [-0.4, -0.2) is 61.5 Å². The number of phenolic OH excluding ortho intramolecular Hbond substituents is 1. The van der Waals surface area contributed by atoms with Gasteiger partial charge in [0, 0.05) is 37.8 Å². The molecule has 1 fully saturated rings. The van der Waals surface area contributed by atoms with Crippen molar-refractivity contribution in [3.63, 3.8) is 0 Å². The average Bonchev–Trinajstić information content (AvgIpc) is 2.89. The molecule has 2 amide bonds. The molecule has 1 heterocycles. The topological polar surface area (TPSA) is 142 Å². The Labute approximate surface area is 237 Å². The Morgan fingerprint density at radius 2 is 1.85 bits per heavy atom. The lowest BCUT2D eigenvalue weighted by molar-refractivity contribution is -0.239. The molecule has 12 heteroatoms. The van der Waals surface area contributed by atoms with E-state index in [2.05, 4.69) is 16.6 Å². The molecule has 2 rings (SSSR count). The van der Waals surface area contributed by atoms with Crippen LogP contribution in [0.3, 0.4) is 0 Å². The van der Waals surface area contributed by atoms with E-state index >= 15 is 0 Å². The zero-order valence-electron chi connectivity index (χ0n) is 24.0. The van der Waals surface area contributed by atoms with E-state index in [1.165, 1.54) is 19.1 Å². The van der Waals surface area contributed by atoms with Crippen molar-refractivity contribution in [2.24, 2.45) is 11.8 Å². The van der Waals surface area contributed by atoms with Crippen molar-refractivity contribution in [3.8, 4) is 23.8 Å². The molecule has 40 heavy (non-hydrogen) atoms. The molecule has 1 aliphatic rings. The second kappa shape index (κ2) is 16.5. The van der Waals surface area contributed by atoms with Crippen LogP contribution in [0.25, 0.3) is 0 Å². The minimum Gasteiger partial charge on any atom is -0.506 e. The van der Waals surface area contributed by atoms with Gasteiger partial charge in [-0.25, -0.2) is 4.79 Å². The van der Waals surface area contributed by atoms with Crippen molar-refractivity contribution in [3.05, 3.63) is 18.2 Å². The number of carbonyl (C=O) groups is 2. The zero-order valence-corrected chi connectivity index (χ0v) is 24.9. The summed E-state index contributed by atoms with van der Waals surface area (Å²) in [4.78, 5) is 24.0. The van der Waals surface area contributed by atoms with Gasteiger partial charge in [0.05, 0.1) is 31.2 Å². The summed E-state index contributed by atoms with van der Waals surface area (Å²) in [5, 5.41) is 15.8. The quantitative estimate of drug-likeness (QED) is 0.0828. The summed E-state index contributed by atoms with van der Waals surface area (Å²) in [5.74, 6) is 1.88. The number of hydrogen-bond donors (Lipinski definition) is 3. The van der Waals surface area contributed by atoms with Crippen LogP contribution in [0.4, 0.5) is 10.5 Å². The Morgan fingerprint density at radius 1 is 1.15 bits per heavy atom. The normalized spacial score (nSPS) is 22.6. The van der Waals surface area contributed by atoms with Crippen molar-refractivity contribution in [1.82, 2.24) is 5.32 Å². The highest BCUT2D eigenvalue weighted by molar-refractivity contribution is 7.53. The molecule has 0 bridgehead atoms. The van der Waals surface area contributed by atoms with E-state index in [1.54, 1.807) is 19.9 Å². The Kier molecular flexibility index (Phi) is 13.8. The van der Waals surface area contributed by atoms with Gasteiger partial charge >= 0.3 is 19.6 Å². The SMILES string of the molecule is C#CCCCCNC(=O)Nc1ccc(O[C@H]2O[C@H](CCP(=O)(OCC)OCC)[C@@H](OC(C)=O)[C@H](C)[C@@H]2C)cc1O. The third-order valence-corrected chi connectivity index (χ3v) is 8.71. The van der Waals surface area contributed by atoms with E-state index in [1.807, 2.05) is 13.8 Å². The Balaban J connectivity index is 2.09. The van der Waals surface area contributed by atoms with Crippen molar-refractivity contribution < 1.29 is 42.5 Å². The van der Waals surface area contributed by atoms with E-state index in [-0.39, 0.29) is 49.1 Å². The van der Waals surface area contributed by atoms with E-state index in [0.717, 1.165) is 12.8 Å². The number of hydrogen-bond acceptors (Lipinski definition) is 9. The first-order valence-electron chi connectivity index (χ1n) is 13.7. The number of aromatic hydroxyl groups is 1. The summed E-state index contributed by atoms with van der Waals surface area (Å²) in [6, 6.07) is 4.07. The molecule has 0 unspecified atom stereocenters. The van der Waals surface area contributed by atoms with Crippen molar-refractivity contribution >= 4 is 25.3 Å². The van der Waals surface area contributed by atoms with Gasteiger partial charge in [-0.1, -0.05) is 13.8 Å². The van der Waals surface area contributed by atoms with E-state index in [9.17, 15) is 19.3 Å². The Morgan fingerprint density at radius 3 is 2.45 bits per heavy atom. The number of unbranched alkanes of at least 4 members (excludes halogenated alkanes) is 2. The lowest BCUT2D eigenvalue weighted by atomic mass is 9.83. The maximum absolute atomic E-state index is 13.0. The molecule has 11 nitrogen and oxygen atoms in total. The maximum atomic E-state index is 13.0. The molecule has 0 aliphatic carbocycles. The first-order chi connectivity index (χ1) is 19.0. The summed E-state index contributed by atoms with van der Waals surface area (Å²) in [5.41, 5.74) is 0.217. The molecule has 1 aliphatic heterocycles. The molecule has 5 atom stereocenters. The number of nitrogens with one attached hydrogen (secondary N) is 2. The highest BCUT2D eigenvalue weighted by atomic mass is 31.2. The van der Waals surface area contributed by atoms with Crippen molar-refractivity contribution in [1.29, 1.82) is 0 Å². The molecule has 0 aromatic heterocycles. The fraction of sp³-hybridized carbons (Fsp3) is 0.643. The van der Waals surface area contributed by atoms with E-state index < -0.39 is 38.1 Å². The van der Waals surface area contributed by atoms with Crippen LogP contribution in [0.5, 0.6) is 11.5 Å². The summed E-state index contributed by atoms with van der Waals surface area (Å²) < 4.78 is 41.8. The molecule has 1 aromatic carbocycles. The van der Waals surface area contributed by atoms with Gasteiger partial charge in [0.25, 0.3) is 0 Å². The molecule has 1 saturated heterocycles. The van der Waals surface area contributed by atoms with Gasteiger partial charge in [-0.2, -0.15) is 0 Å². The van der Waals surface area contributed by atoms with Crippen LogP contribution in [0.15, 0.2) is 18.2 Å². The van der Waals surface area contributed by atoms with Crippen LogP contribution >= 0.6 is 7.60 Å². The number of benzene rings is 1. The molecule has 3 N–H and O–H groups in total. The number of phenols is 1. The number of amides is 2. The smallest absolute Gasteiger partial charge is 0.330 e. The number of esters is 1. The summed E-state index contributed by atoms with van der Waals surface area (Å²) >= 11 is 0. The number of urea groups is 1. The second-order valence-electron chi connectivity index (χ2n) is 9.63. The van der Waals surface area contributed by atoms with Crippen LogP contribution in [0, 0.1) is 24.2 Å². The molecule has 0 saturated carbocycles. The Hall–Kier alpha value is -2.77. The minimum atomic E-state index is -3.35. The third-order valence-electron chi connectivity index (χ3n) is 6.60. The van der Waals surface area contributed by atoms with E-state index in [0.29, 0.717) is 18.7 Å². The predicted octanol–water partition coefficient (Wildman–Crippen LogP) is 5.28. The summed E-state index contributed by atoms with van der Waals surface area (Å²) in [6.45, 7) is 9.59. The monoisotopic (exact) mass is 582 g/mol. The van der Waals surface area contributed by atoms with Crippen LogP contribution in [0.1, 0.15) is 60.3 Å². The number of terminal acetylenes is 1. The average molecular weight is 583 g/mol. The number of carbonyl (C=O) groups excluding carboxylic acids is 2. The number of ether oxygens (including phenoxy) is 3. The molecule has 0 spiro atoms. The van der Waals surface area contributed by atoms with Gasteiger partial charge in [0.2, 0.25) is 6.29 Å². The van der Waals surface area contributed by atoms with Gasteiger partial charge < -0.3 is 39.0 Å². The fourth-order valence-electron chi connectivity index (χ4n) is 4.39. The highest BCUT2D eigenvalue weighted by Crippen LogP contribution is 2.49. The van der Waals surface area contributed by atoms with Crippen molar-refractivity contribution in [2.45, 2.75) is 78.8 Å². The first-order valence-corrected chi connectivity index (χ1v) is 15.4. The number of anilines is 1. The van der Waals surface area contributed by atoms with Gasteiger partial charge in [-0.05, 0) is 45.2 Å². The minimum absolute atomic E-state index is 0.0814.